The number of rotatable bonds is 6. The van der Waals surface area contributed by atoms with E-state index >= 15 is 0 Å². The molecule has 0 atom stereocenters. The Morgan fingerprint density at radius 1 is 1.09 bits per heavy atom. The van der Waals surface area contributed by atoms with Crippen LogP contribution in [0.1, 0.15) is 5.56 Å². The van der Waals surface area contributed by atoms with E-state index < -0.39 is 44.8 Å². The van der Waals surface area contributed by atoms with Crippen molar-refractivity contribution < 1.29 is 26.4 Å². The maximum Gasteiger partial charge on any atom is 0.417 e. The molecule has 12 heteroatoms. The van der Waals surface area contributed by atoms with E-state index in [4.69, 9.17) is 11.6 Å². The van der Waals surface area contributed by atoms with E-state index in [1.165, 1.54) is 31.3 Å². The van der Waals surface area contributed by atoms with Gasteiger partial charge in [-0.05, 0) is 36.4 Å². The van der Waals surface area contributed by atoms with Gasteiger partial charge in [0.25, 0.3) is 15.6 Å². The fraction of sp³-hybridized carbons (Fsp3) is 0.143. The average molecular weight is 500 g/mol. The van der Waals surface area contributed by atoms with Gasteiger partial charge in [-0.15, -0.1) is 0 Å². The predicted octanol–water partition coefficient (Wildman–Crippen LogP) is 3.98. The second-order valence-electron chi connectivity index (χ2n) is 6.89. The number of hydrogen-bond acceptors (Lipinski definition) is 4. The number of carbonyl (C=O) groups is 1. The van der Waals surface area contributed by atoms with E-state index in [-0.39, 0.29) is 10.6 Å². The summed E-state index contributed by atoms with van der Waals surface area (Å²) in [7, 11) is -2.58. The molecule has 3 rings (SSSR count). The Balaban J connectivity index is 1.82. The fourth-order valence-electron chi connectivity index (χ4n) is 2.90. The van der Waals surface area contributed by atoms with Gasteiger partial charge < -0.3 is 9.88 Å². The molecule has 174 valence electrons. The minimum Gasteiger partial charge on any atom is -0.324 e. The van der Waals surface area contributed by atoms with Crippen molar-refractivity contribution in [2.75, 3.05) is 16.7 Å². The number of para-hydroxylation sites is 1. The van der Waals surface area contributed by atoms with Crippen molar-refractivity contribution in [2.24, 2.45) is 0 Å². The highest BCUT2D eigenvalue weighted by Crippen LogP contribution is 2.29. The molecule has 1 amide bonds. The predicted molar refractivity (Wildman–Crippen MR) is 118 cm³/mol. The monoisotopic (exact) mass is 499 g/mol. The van der Waals surface area contributed by atoms with Crippen molar-refractivity contribution in [1.82, 2.24) is 4.57 Å². The number of pyridine rings is 1. The van der Waals surface area contributed by atoms with Crippen LogP contribution in [0.4, 0.5) is 24.5 Å². The van der Waals surface area contributed by atoms with Gasteiger partial charge in [0.2, 0.25) is 5.91 Å². The van der Waals surface area contributed by atoms with E-state index in [1.807, 2.05) is 0 Å². The number of nitrogens with zero attached hydrogens (tertiary/aromatic N) is 2. The Morgan fingerprint density at radius 2 is 1.76 bits per heavy atom. The number of nitrogens with one attached hydrogen (secondary N) is 1. The number of alkyl halides is 3. The highest BCUT2D eigenvalue weighted by atomic mass is 35.5. The zero-order valence-corrected chi connectivity index (χ0v) is 18.6. The highest BCUT2D eigenvalue weighted by Gasteiger charge is 2.32. The lowest BCUT2D eigenvalue weighted by atomic mass is 10.2. The Labute approximate surface area is 192 Å². The molecule has 33 heavy (non-hydrogen) atoms. The number of amides is 1. The lowest BCUT2D eigenvalue weighted by Crippen LogP contribution is -2.29. The lowest BCUT2D eigenvalue weighted by molar-refractivity contribution is -0.138. The largest absolute Gasteiger partial charge is 0.417 e. The molecular formula is C21H17ClF3N3O4S. The van der Waals surface area contributed by atoms with Gasteiger partial charge in [0.05, 0.1) is 16.1 Å². The van der Waals surface area contributed by atoms with Crippen LogP contribution in [0.2, 0.25) is 5.02 Å². The molecule has 0 fully saturated rings. The molecule has 1 aromatic heterocycles. The van der Waals surface area contributed by atoms with Gasteiger partial charge >= 0.3 is 6.18 Å². The fourth-order valence-corrected chi connectivity index (χ4v) is 4.36. The van der Waals surface area contributed by atoms with Crippen molar-refractivity contribution in [3.63, 3.8) is 0 Å². The van der Waals surface area contributed by atoms with Crippen LogP contribution in [0.15, 0.2) is 76.6 Å². The Hall–Kier alpha value is -3.31. The normalized spacial score (nSPS) is 11.8. The molecule has 0 aliphatic carbocycles. The number of anilines is 2. The molecular weight excluding hydrogens is 483 g/mol. The summed E-state index contributed by atoms with van der Waals surface area (Å²) in [5, 5.41) is 1.70. The van der Waals surface area contributed by atoms with Gasteiger partial charge in [0.1, 0.15) is 11.6 Å². The summed E-state index contributed by atoms with van der Waals surface area (Å²) in [5.41, 5.74) is -1.65. The van der Waals surface area contributed by atoms with Crippen LogP contribution in [0.5, 0.6) is 0 Å². The minimum absolute atomic E-state index is 0.0775. The van der Waals surface area contributed by atoms with Crippen molar-refractivity contribution >= 4 is 38.9 Å². The van der Waals surface area contributed by atoms with Crippen LogP contribution >= 0.6 is 11.6 Å². The molecule has 3 aromatic rings. The lowest BCUT2D eigenvalue weighted by Gasteiger charge is -2.20. The summed E-state index contributed by atoms with van der Waals surface area (Å²) >= 11 is 5.58. The first kappa shape index (κ1) is 24.3. The third kappa shape index (κ3) is 5.55. The molecule has 0 bridgehead atoms. The molecule has 0 aliphatic heterocycles. The van der Waals surface area contributed by atoms with Crippen molar-refractivity contribution in [1.29, 1.82) is 0 Å². The summed E-state index contributed by atoms with van der Waals surface area (Å²) in [5.74, 6) is -0.849. The maximum absolute atomic E-state index is 13.0. The molecule has 0 saturated heterocycles. The van der Waals surface area contributed by atoms with Crippen LogP contribution in [-0.2, 0) is 27.5 Å². The van der Waals surface area contributed by atoms with Gasteiger partial charge in [-0.3, -0.25) is 13.9 Å². The van der Waals surface area contributed by atoms with Crippen LogP contribution in [0.25, 0.3) is 0 Å². The van der Waals surface area contributed by atoms with E-state index in [0.29, 0.717) is 22.5 Å². The first-order valence-electron chi connectivity index (χ1n) is 9.30. The van der Waals surface area contributed by atoms with Crippen LogP contribution in [0, 0.1) is 0 Å². The van der Waals surface area contributed by atoms with Crippen molar-refractivity contribution in [3.05, 3.63) is 87.8 Å². The molecule has 0 aliphatic rings. The second kappa shape index (κ2) is 9.28. The second-order valence-corrected chi connectivity index (χ2v) is 9.27. The minimum atomic E-state index is -4.76. The Bertz CT molecular complexity index is 1340. The van der Waals surface area contributed by atoms with Crippen LogP contribution < -0.4 is 15.2 Å². The SMILES string of the molecule is CN(c1ccccc1)S(=O)(=O)c1cccc(NC(=O)Cn2cc(C(F)(F)F)cc(Cl)c2=O)c1. The first-order valence-corrected chi connectivity index (χ1v) is 11.1. The Kier molecular flexibility index (Phi) is 6.84. The summed E-state index contributed by atoms with van der Waals surface area (Å²) in [6.07, 6.45) is -4.27. The van der Waals surface area contributed by atoms with Gasteiger partial charge in [-0.1, -0.05) is 35.9 Å². The number of halogens is 4. The van der Waals surface area contributed by atoms with Gasteiger partial charge in [0.15, 0.2) is 0 Å². The molecule has 0 saturated carbocycles. The average Bonchev–Trinajstić information content (AvgIpc) is 2.76. The maximum atomic E-state index is 13.0. The van der Waals surface area contributed by atoms with Crippen LogP contribution in [0.3, 0.4) is 0 Å². The van der Waals surface area contributed by atoms with E-state index in [0.717, 1.165) is 4.31 Å². The van der Waals surface area contributed by atoms with E-state index in [2.05, 4.69) is 5.32 Å². The van der Waals surface area contributed by atoms with E-state index in [9.17, 15) is 31.2 Å². The quantitative estimate of drug-likeness (QED) is 0.555. The molecule has 0 unspecified atom stereocenters. The van der Waals surface area contributed by atoms with Gasteiger partial charge in [-0.25, -0.2) is 8.42 Å². The van der Waals surface area contributed by atoms with Gasteiger partial charge in [-0.2, -0.15) is 13.2 Å². The first-order chi connectivity index (χ1) is 15.4. The number of carbonyl (C=O) groups excluding carboxylic acids is 1. The molecule has 0 radical (unpaired) electrons. The smallest absolute Gasteiger partial charge is 0.324 e. The Morgan fingerprint density at radius 3 is 2.39 bits per heavy atom. The summed E-state index contributed by atoms with van der Waals surface area (Å²) < 4.78 is 66.4. The van der Waals surface area contributed by atoms with Crippen molar-refractivity contribution in [3.8, 4) is 0 Å². The molecule has 2 aromatic carbocycles. The molecule has 1 N–H and O–H groups in total. The molecule has 7 nitrogen and oxygen atoms in total. The zero-order chi connectivity index (χ0) is 24.4. The number of sulfonamides is 1. The molecule has 1 heterocycles. The third-order valence-electron chi connectivity index (χ3n) is 4.58. The topological polar surface area (TPSA) is 88.5 Å². The number of hydrogen-bond donors (Lipinski definition) is 1. The van der Waals surface area contributed by atoms with Gasteiger partial charge in [0, 0.05) is 18.9 Å². The standard InChI is InChI=1S/C21H17ClF3N3O4S/c1-27(16-7-3-2-4-8-16)33(31,32)17-9-5-6-15(11-17)26-19(29)13-28-12-14(21(23,24)25)10-18(22)20(28)30/h2-12H,13H2,1H3,(H,26,29). The molecule has 0 spiro atoms. The summed E-state index contributed by atoms with van der Waals surface area (Å²) in [6, 6.07) is 14.1. The van der Waals surface area contributed by atoms with Crippen LogP contribution in [-0.4, -0.2) is 25.9 Å². The van der Waals surface area contributed by atoms with Crippen molar-refractivity contribution in [2.45, 2.75) is 17.6 Å². The summed E-state index contributed by atoms with van der Waals surface area (Å²) in [4.78, 5) is 24.3. The number of aromatic nitrogens is 1. The zero-order valence-electron chi connectivity index (χ0n) is 17.0. The third-order valence-corrected chi connectivity index (χ3v) is 6.63. The highest BCUT2D eigenvalue weighted by molar-refractivity contribution is 7.92. The summed E-state index contributed by atoms with van der Waals surface area (Å²) in [6.45, 7) is -0.761. The van der Waals surface area contributed by atoms with E-state index in [1.54, 1.807) is 30.3 Å². The number of benzene rings is 2.